The van der Waals surface area contributed by atoms with E-state index < -0.39 is 0 Å². The second kappa shape index (κ2) is 8.54. The van der Waals surface area contributed by atoms with Gasteiger partial charge in [-0.2, -0.15) is 0 Å². The molecule has 0 spiro atoms. The third-order valence-corrected chi connectivity index (χ3v) is 5.39. The highest BCUT2D eigenvalue weighted by atomic mass is 16.5. The summed E-state index contributed by atoms with van der Waals surface area (Å²) in [4.78, 5) is 27.9. The normalized spacial score (nSPS) is 22.2. The van der Waals surface area contributed by atoms with Crippen LogP contribution < -0.4 is 10.5 Å². The van der Waals surface area contributed by atoms with Crippen LogP contribution in [0.25, 0.3) is 0 Å². The van der Waals surface area contributed by atoms with E-state index in [-0.39, 0.29) is 23.8 Å². The van der Waals surface area contributed by atoms with E-state index in [4.69, 9.17) is 10.5 Å². The Labute approximate surface area is 155 Å². The number of nitrogens with zero attached hydrogens (tertiary/aromatic N) is 2. The minimum Gasteiger partial charge on any atom is -0.490 e. The molecule has 0 saturated carbocycles. The molecular formula is C20H29N3O3. The first kappa shape index (κ1) is 18.7. The van der Waals surface area contributed by atoms with E-state index in [1.54, 1.807) is 4.90 Å². The number of aryl methyl sites for hydroxylation is 1. The third-order valence-electron chi connectivity index (χ3n) is 5.39. The summed E-state index contributed by atoms with van der Waals surface area (Å²) in [6.07, 6.45) is 3.70. The number of likely N-dealkylation sites (tertiary alicyclic amines) is 2. The molecule has 6 nitrogen and oxygen atoms in total. The van der Waals surface area contributed by atoms with Gasteiger partial charge in [-0.3, -0.25) is 14.5 Å². The van der Waals surface area contributed by atoms with Crippen LogP contribution in [0.2, 0.25) is 0 Å². The average molecular weight is 359 g/mol. The maximum atomic E-state index is 12.5. The summed E-state index contributed by atoms with van der Waals surface area (Å²) in [5.41, 5.74) is 6.62. The Morgan fingerprint density at radius 2 is 1.81 bits per heavy atom. The van der Waals surface area contributed by atoms with Crippen molar-refractivity contribution in [1.29, 1.82) is 0 Å². The van der Waals surface area contributed by atoms with Crippen molar-refractivity contribution in [3.63, 3.8) is 0 Å². The Hall–Kier alpha value is -2.08. The van der Waals surface area contributed by atoms with Gasteiger partial charge in [0.25, 0.3) is 0 Å². The van der Waals surface area contributed by atoms with E-state index in [0.717, 1.165) is 51.1 Å². The zero-order valence-electron chi connectivity index (χ0n) is 15.5. The average Bonchev–Trinajstić information content (AvgIpc) is 2.65. The van der Waals surface area contributed by atoms with Crippen LogP contribution in [0.5, 0.6) is 5.75 Å². The molecule has 142 valence electrons. The van der Waals surface area contributed by atoms with E-state index in [1.807, 2.05) is 12.1 Å². The summed E-state index contributed by atoms with van der Waals surface area (Å²) in [7, 11) is 0. The van der Waals surface area contributed by atoms with Gasteiger partial charge < -0.3 is 15.4 Å². The fraction of sp³-hybridized carbons (Fsp3) is 0.600. The van der Waals surface area contributed by atoms with Crippen molar-refractivity contribution in [1.82, 2.24) is 9.80 Å². The van der Waals surface area contributed by atoms with Gasteiger partial charge in [0, 0.05) is 26.2 Å². The molecule has 0 aliphatic carbocycles. The molecule has 26 heavy (non-hydrogen) atoms. The molecule has 1 atom stereocenters. The topological polar surface area (TPSA) is 75.9 Å². The fourth-order valence-electron chi connectivity index (χ4n) is 3.72. The Morgan fingerprint density at radius 1 is 1.12 bits per heavy atom. The van der Waals surface area contributed by atoms with Crippen LogP contribution >= 0.6 is 0 Å². The van der Waals surface area contributed by atoms with Crippen molar-refractivity contribution < 1.29 is 14.3 Å². The number of carbonyl (C=O) groups is 2. The van der Waals surface area contributed by atoms with Gasteiger partial charge in [0.1, 0.15) is 11.9 Å². The Bertz CT molecular complexity index is 624. The van der Waals surface area contributed by atoms with Gasteiger partial charge >= 0.3 is 0 Å². The first-order chi connectivity index (χ1) is 12.5. The highest BCUT2D eigenvalue weighted by Crippen LogP contribution is 2.20. The van der Waals surface area contributed by atoms with Crippen molar-refractivity contribution in [3.05, 3.63) is 29.8 Å². The molecular weight excluding hydrogens is 330 g/mol. The lowest BCUT2D eigenvalue weighted by molar-refractivity contribution is -0.136. The van der Waals surface area contributed by atoms with Crippen molar-refractivity contribution in [2.75, 3.05) is 32.7 Å². The first-order valence-corrected chi connectivity index (χ1v) is 9.54. The summed E-state index contributed by atoms with van der Waals surface area (Å²) >= 11 is 0. The molecule has 1 aromatic carbocycles. The molecule has 2 aliphatic heterocycles. The molecule has 2 fully saturated rings. The number of primary amides is 1. The summed E-state index contributed by atoms with van der Waals surface area (Å²) in [5.74, 6) is 0.530. The smallest absolute Gasteiger partial charge is 0.236 e. The lowest BCUT2D eigenvalue weighted by Crippen LogP contribution is -2.49. The molecule has 2 aliphatic rings. The van der Waals surface area contributed by atoms with E-state index in [2.05, 4.69) is 24.0 Å². The highest BCUT2D eigenvalue weighted by Gasteiger charge is 2.29. The van der Waals surface area contributed by atoms with Crippen molar-refractivity contribution in [3.8, 4) is 5.75 Å². The number of ether oxygens (including phenoxy) is 1. The number of carbonyl (C=O) groups excluding carboxylic acids is 2. The third kappa shape index (κ3) is 4.97. The predicted octanol–water partition coefficient (Wildman–Crippen LogP) is 1.56. The maximum Gasteiger partial charge on any atom is 0.236 e. The minimum absolute atomic E-state index is 0.105. The first-order valence-electron chi connectivity index (χ1n) is 9.54. The largest absolute Gasteiger partial charge is 0.490 e. The molecule has 1 unspecified atom stereocenters. The van der Waals surface area contributed by atoms with Crippen LogP contribution in [0, 0.1) is 12.8 Å². The molecule has 3 rings (SSSR count). The molecule has 2 saturated heterocycles. The SMILES string of the molecule is Cc1ccc(OC2CCN(CC(=O)N3CCCC(C(N)=O)C3)CC2)cc1. The molecule has 2 heterocycles. The monoisotopic (exact) mass is 359 g/mol. The van der Waals surface area contributed by atoms with Crippen LogP contribution in [0.4, 0.5) is 0 Å². The number of nitrogens with two attached hydrogens (primary N) is 1. The van der Waals surface area contributed by atoms with E-state index in [0.29, 0.717) is 13.1 Å². The predicted molar refractivity (Wildman–Crippen MR) is 99.8 cm³/mol. The van der Waals surface area contributed by atoms with Crippen LogP contribution in [0.15, 0.2) is 24.3 Å². The Kier molecular flexibility index (Phi) is 6.14. The molecule has 0 aromatic heterocycles. The maximum absolute atomic E-state index is 12.5. The second-order valence-corrected chi connectivity index (χ2v) is 7.49. The summed E-state index contributed by atoms with van der Waals surface area (Å²) < 4.78 is 6.05. The second-order valence-electron chi connectivity index (χ2n) is 7.49. The van der Waals surface area contributed by atoms with Gasteiger partial charge in [0.15, 0.2) is 0 Å². The van der Waals surface area contributed by atoms with E-state index >= 15 is 0 Å². The summed E-state index contributed by atoms with van der Waals surface area (Å²) in [6, 6.07) is 8.13. The van der Waals surface area contributed by atoms with Crippen LogP contribution in [0.1, 0.15) is 31.2 Å². The lowest BCUT2D eigenvalue weighted by atomic mass is 9.97. The summed E-state index contributed by atoms with van der Waals surface area (Å²) in [6.45, 7) is 5.40. The van der Waals surface area contributed by atoms with Gasteiger partial charge in [-0.05, 0) is 44.7 Å². The fourth-order valence-corrected chi connectivity index (χ4v) is 3.72. The molecule has 6 heteroatoms. The van der Waals surface area contributed by atoms with Crippen molar-refractivity contribution >= 4 is 11.8 Å². The quantitative estimate of drug-likeness (QED) is 0.866. The number of rotatable bonds is 5. The molecule has 1 aromatic rings. The minimum atomic E-state index is -0.295. The number of piperidine rings is 2. The molecule has 2 amide bonds. The standard InChI is InChI=1S/C20H29N3O3/c1-15-4-6-17(7-5-15)26-18-8-11-22(12-9-18)14-19(24)23-10-2-3-16(13-23)20(21)25/h4-7,16,18H,2-3,8-14H2,1H3,(H2,21,25). The number of benzene rings is 1. The van der Waals surface area contributed by atoms with Crippen molar-refractivity contribution in [2.24, 2.45) is 11.7 Å². The van der Waals surface area contributed by atoms with E-state index in [1.165, 1.54) is 5.56 Å². The summed E-state index contributed by atoms with van der Waals surface area (Å²) in [5, 5.41) is 0. The van der Waals surface area contributed by atoms with E-state index in [9.17, 15) is 9.59 Å². The van der Waals surface area contributed by atoms with Gasteiger partial charge in [-0.15, -0.1) is 0 Å². The Balaban J connectivity index is 1.42. The van der Waals surface area contributed by atoms with Gasteiger partial charge in [0.2, 0.25) is 11.8 Å². The lowest BCUT2D eigenvalue weighted by Gasteiger charge is -2.35. The van der Waals surface area contributed by atoms with Crippen LogP contribution in [0.3, 0.4) is 0 Å². The number of amides is 2. The zero-order chi connectivity index (χ0) is 18.5. The number of hydrogen-bond donors (Lipinski definition) is 1. The Morgan fingerprint density at radius 3 is 2.46 bits per heavy atom. The molecule has 0 bridgehead atoms. The van der Waals surface area contributed by atoms with Gasteiger partial charge in [-0.1, -0.05) is 17.7 Å². The van der Waals surface area contributed by atoms with Crippen LogP contribution in [-0.2, 0) is 9.59 Å². The van der Waals surface area contributed by atoms with Crippen LogP contribution in [-0.4, -0.2) is 60.4 Å². The zero-order valence-corrected chi connectivity index (χ0v) is 15.5. The molecule has 0 radical (unpaired) electrons. The van der Waals surface area contributed by atoms with Gasteiger partial charge in [-0.25, -0.2) is 0 Å². The number of hydrogen-bond acceptors (Lipinski definition) is 4. The highest BCUT2D eigenvalue weighted by molar-refractivity contribution is 5.81. The van der Waals surface area contributed by atoms with Gasteiger partial charge in [0.05, 0.1) is 12.5 Å². The molecule has 2 N–H and O–H groups in total. The van der Waals surface area contributed by atoms with Crippen molar-refractivity contribution in [2.45, 2.75) is 38.7 Å².